The molecule has 1 aliphatic carbocycles. The molecule has 7 nitrogen and oxygen atoms in total. The molecule has 144 valence electrons. The number of methoxy groups -OCH3 is 1. The molecule has 4 rings (SSSR count). The van der Waals surface area contributed by atoms with Gasteiger partial charge >= 0.3 is 0 Å². The van der Waals surface area contributed by atoms with Crippen LogP contribution in [-0.4, -0.2) is 50.4 Å². The van der Waals surface area contributed by atoms with Crippen LogP contribution >= 0.6 is 11.8 Å². The van der Waals surface area contributed by atoms with Gasteiger partial charge in [0.25, 0.3) is 0 Å². The highest BCUT2D eigenvalue weighted by atomic mass is 32.2. The summed E-state index contributed by atoms with van der Waals surface area (Å²) in [5.74, 6) is 1.38. The normalized spacial score (nSPS) is 20.3. The van der Waals surface area contributed by atoms with E-state index in [4.69, 9.17) is 4.74 Å². The van der Waals surface area contributed by atoms with Gasteiger partial charge in [-0.25, -0.2) is 4.68 Å². The summed E-state index contributed by atoms with van der Waals surface area (Å²) in [6, 6.07) is 8.66. The number of carbonyl (C=O) groups excluding carboxylic acids is 1. The van der Waals surface area contributed by atoms with Gasteiger partial charge in [-0.05, 0) is 53.8 Å². The van der Waals surface area contributed by atoms with Crippen LogP contribution in [0, 0.1) is 0 Å². The number of rotatable bonds is 6. The third kappa shape index (κ3) is 4.26. The van der Waals surface area contributed by atoms with Gasteiger partial charge in [0.05, 0.1) is 24.9 Å². The number of hydrogen-bond donors (Lipinski definition) is 0. The summed E-state index contributed by atoms with van der Waals surface area (Å²) in [4.78, 5) is 15.1. The van der Waals surface area contributed by atoms with E-state index >= 15 is 0 Å². The minimum absolute atomic E-state index is 0.130. The van der Waals surface area contributed by atoms with Crippen molar-refractivity contribution in [1.29, 1.82) is 0 Å². The summed E-state index contributed by atoms with van der Waals surface area (Å²) < 4.78 is 7.13. The van der Waals surface area contributed by atoms with E-state index in [0.29, 0.717) is 11.8 Å². The van der Waals surface area contributed by atoms with Gasteiger partial charge in [0, 0.05) is 6.54 Å². The molecule has 2 heterocycles. The van der Waals surface area contributed by atoms with Crippen LogP contribution in [0.4, 0.5) is 0 Å². The Bertz CT molecular complexity index is 775. The molecule has 27 heavy (non-hydrogen) atoms. The second-order valence-corrected chi connectivity index (χ2v) is 8.09. The molecular weight excluding hydrogens is 362 g/mol. The number of likely N-dealkylation sites (tertiary alicyclic amines) is 1. The van der Waals surface area contributed by atoms with Gasteiger partial charge in [-0.1, -0.05) is 36.7 Å². The fourth-order valence-corrected chi connectivity index (χ4v) is 4.45. The van der Waals surface area contributed by atoms with E-state index in [1.54, 1.807) is 7.11 Å². The van der Waals surface area contributed by atoms with Gasteiger partial charge in [-0.15, -0.1) is 5.10 Å². The molecule has 0 bridgehead atoms. The molecule has 2 aliphatic rings. The van der Waals surface area contributed by atoms with Gasteiger partial charge in [-0.3, -0.25) is 4.79 Å². The Hall–Kier alpha value is -2.09. The van der Waals surface area contributed by atoms with Crippen molar-refractivity contribution in [3.63, 3.8) is 0 Å². The van der Waals surface area contributed by atoms with Crippen LogP contribution in [0.25, 0.3) is 0 Å². The van der Waals surface area contributed by atoms with Crippen LogP contribution in [0.5, 0.6) is 5.75 Å². The van der Waals surface area contributed by atoms with Gasteiger partial charge < -0.3 is 9.64 Å². The van der Waals surface area contributed by atoms with Crippen LogP contribution in [0.1, 0.15) is 56.2 Å². The Balaban J connectivity index is 1.45. The molecular formula is C19H25N5O2S. The molecule has 1 atom stereocenters. The summed E-state index contributed by atoms with van der Waals surface area (Å²) in [6.45, 7) is 0.809. The SMILES string of the molecule is COc1ccc([C@H]2CCCCCN2C(=O)CSc2nnnn2C2CC2)cc1. The fraction of sp³-hybridized carbons (Fsp3) is 0.579. The largest absolute Gasteiger partial charge is 0.497 e. The van der Waals surface area contributed by atoms with Gasteiger partial charge in [0.15, 0.2) is 0 Å². The number of tetrazole rings is 1. The molecule has 1 aliphatic heterocycles. The van der Waals surface area contributed by atoms with Crippen molar-refractivity contribution in [2.45, 2.75) is 55.8 Å². The van der Waals surface area contributed by atoms with E-state index < -0.39 is 0 Å². The second-order valence-electron chi connectivity index (χ2n) is 7.15. The zero-order valence-corrected chi connectivity index (χ0v) is 16.4. The maximum atomic E-state index is 13.1. The highest BCUT2D eigenvalue weighted by Gasteiger charge is 2.30. The van der Waals surface area contributed by atoms with Gasteiger partial charge in [0.1, 0.15) is 5.75 Å². The second kappa shape index (κ2) is 8.29. The predicted octanol–water partition coefficient (Wildman–Crippen LogP) is 3.25. The highest BCUT2D eigenvalue weighted by Crippen LogP contribution is 2.37. The first-order chi connectivity index (χ1) is 13.3. The fourth-order valence-electron chi connectivity index (χ4n) is 3.62. The lowest BCUT2D eigenvalue weighted by molar-refractivity contribution is -0.130. The van der Waals surface area contributed by atoms with E-state index in [0.717, 1.165) is 49.6 Å². The molecule has 0 radical (unpaired) electrons. The number of benzene rings is 1. The Labute approximate surface area is 163 Å². The number of carbonyl (C=O) groups is 1. The van der Waals surface area contributed by atoms with Crippen molar-refractivity contribution >= 4 is 17.7 Å². The molecule has 0 N–H and O–H groups in total. The summed E-state index contributed by atoms with van der Waals surface area (Å²) in [6.07, 6.45) is 6.62. The number of nitrogens with zero attached hydrogens (tertiary/aromatic N) is 5. The average Bonchev–Trinajstić information content (AvgIpc) is 3.49. The first-order valence-electron chi connectivity index (χ1n) is 9.60. The zero-order valence-electron chi connectivity index (χ0n) is 15.6. The summed E-state index contributed by atoms with van der Waals surface area (Å²) in [5.41, 5.74) is 1.18. The number of aromatic nitrogens is 4. The lowest BCUT2D eigenvalue weighted by Gasteiger charge is -2.30. The maximum Gasteiger partial charge on any atom is 0.233 e. The summed E-state index contributed by atoms with van der Waals surface area (Å²) in [7, 11) is 1.67. The van der Waals surface area contributed by atoms with Crippen molar-refractivity contribution in [3.8, 4) is 5.75 Å². The first kappa shape index (κ1) is 18.3. The van der Waals surface area contributed by atoms with Crippen LogP contribution < -0.4 is 4.74 Å². The molecule has 1 amide bonds. The van der Waals surface area contributed by atoms with E-state index in [-0.39, 0.29) is 11.9 Å². The topological polar surface area (TPSA) is 73.1 Å². The summed E-state index contributed by atoms with van der Waals surface area (Å²) >= 11 is 1.45. The molecule has 1 saturated heterocycles. The van der Waals surface area contributed by atoms with Crippen LogP contribution in [0.3, 0.4) is 0 Å². The van der Waals surface area contributed by atoms with E-state index in [2.05, 4.69) is 27.7 Å². The molecule has 2 fully saturated rings. The number of ether oxygens (including phenoxy) is 1. The third-order valence-electron chi connectivity index (χ3n) is 5.25. The maximum absolute atomic E-state index is 13.1. The van der Waals surface area contributed by atoms with Gasteiger partial charge in [0.2, 0.25) is 11.1 Å². The zero-order chi connectivity index (χ0) is 18.6. The van der Waals surface area contributed by atoms with Crippen molar-refractivity contribution in [1.82, 2.24) is 25.1 Å². The third-order valence-corrected chi connectivity index (χ3v) is 6.17. The average molecular weight is 388 g/mol. The molecule has 0 unspecified atom stereocenters. The number of hydrogen-bond acceptors (Lipinski definition) is 6. The Morgan fingerprint density at radius 2 is 2.00 bits per heavy atom. The molecule has 0 spiro atoms. The lowest BCUT2D eigenvalue weighted by atomic mass is 10.0. The van der Waals surface area contributed by atoms with Gasteiger partial charge in [-0.2, -0.15) is 0 Å². The van der Waals surface area contributed by atoms with Crippen LogP contribution in [0.2, 0.25) is 0 Å². The van der Waals surface area contributed by atoms with Crippen molar-refractivity contribution in [2.24, 2.45) is 0 Å². The Morgan fingerprint density at radius 1 is 1.19 bits per heavy atom. The smallest absolute Gasteiger partial charge is 0.233 e. The minimum atomic E-state index is 0.130. The molecule has 1 aromatic carbocycles. The number of amides is 1. The van der Waals surface area contributed by atoms with Crippen molar-refractivity contribution in [2.75, 3.05) is 19.4 Å². The standard InChI is InChI=1S/C19H25N5O2S/c1-26-16-10-6-14(7-11-16)17-5-3-2-4-12-23(17)18(25)13-27-19-20-21-22-24(19)15-8-9-15/h6-7,10-11,15,17H,2-5,8-9,12-13H2,1H3/t17-/m1/s1. The monoisotopic (exact) mass is 387 g/mol. The molecule has 2 aromatic rings. The summed E-state index contributed by atoms with van der Waals surface area (Å²) in [5, 5.41) is 12.7. The molecule has 1 aromatic heterocycles. The number of thioether (sulfide) groups is 1. The Morgan fingerprint density at radius 3 is 2.74 bits per heavy atom. The van der Waals surface area contributed by atoms with E-state index in [9.17, 15) is 4.79 Å². The Kier molecular flexibility index (Phi) is 5.61. The lowest BCUT2D eigenvalue weighted by Crippen LogP contribution is -2.36. The van der Waals surface area contributed by atoms with Crippen molar-refractivity contribution < 1.29 is 9.53 Å². The first-order valence-corrected chi connectivity index (χ1v) is 10.6. The van der Waals surface area contributed by atoms with Crippen LogP contribution in [0.15, 0.2) is 29.4 Å². The minimum Gasteiger partial charge on any atom is -0.497 e. The van der Waals surface area contributed by atoms with Crippen LogP contribution in [-0.2, 0) is 4.79 Å². The predicted molar refractivity (Wildman–Crippen MR) is 103 cm³/mol. The molecule has 8 heteroatoms. The highest BCUT2D eigenvalue weighted by molar-refractivity contribution is 7.99. The molecule has 1 saturated carbocycles. The quantitative estimate of drug-likeness (QED) is 0.709. The van der Waals surface area contributed by atoms with Crippen molar-refractivity contribution in [3.05, 3.63) is 29.8 Å². The van der Waals surface area contributed by atoms with E-state index in [1.165, 1.54) is 23.7 Å². The van der Waals surface area contributed by atoms with E-state index in [1.807, 2.05) is 21.7 Å².